The number of hydrogen-bond donors (Lipinski definition) is 3. The number of hydrogen-bond acceptors (Lipinski definition) is 6. The Morgan fingerprint density at radius 3 is 2.79 bits per heavy atom. The normalized spacial score (nSPS) is 11.7. The van der Waals surface area contributed by atoms with Crippen LogP contribution in [0.15, 0.2) is 42.9 Å². The summed E-state index contributed by atoms with van der Waals surface area (Å²) in [6.45, 7) is 6.49. The Morgan fingerprint density at radius 2 is 2.10 bits per heavy atom. The van der Waals surface area contributed by atoms with E-state index in [1.165, 1.54) is 0 Å². The maximum absolute atomic E-state index is 8.18. The van der Waals surface area contributed by atoms with E-state index in [1.807, 2.05) is 40.9 Å². The highest BCUT2D eigenvalue weighted by Gasteiger charge is 2.14. The Labute approximate surface area is 173 Å². The molecule has 0 aliphatic heterocycles. The number of methoxy groups -OCH3 is 1. The van der Waals surface area contributed by atoms with Crippen LogP contribution in [0.25, 0.3) is 11.2 Å². The first-order chi connectivity index (χ1) is 13.9. The molecular formula is C21H27N6OP. The summed E-state index contributed by atoms with van der Waals surface area (Å²) < 4.78 is 7.39. The molecule has 0 bridgehead atoms. The minimum atomic E-state index is 0.279. The van der Waals surface area contributed by atoms with Gasteiger partial charge in [0.2, 0.25) is 0 Å². The maximum atomic E-state index is 8.18. The van der Waals surface area contributed by atoms with Crippen LogP contribution in [0, 0.1) is 5.41 Å². The first-order valence-corrected chi connectivity index (χ1v) is 10.00. The van der Waals surface area contributed by atoms with Crippen molar-refractivity contribution >= 4 is 37.3 Å². The van der Waals surface area contributed by atoms with Crippen LogP contribution in [0.1, 0.15) is 31.9 Å². The first-order valence-electron chi connectivity index (χ1n) is 9.42. The highest BCUT2D eigenvalue weighted by atomic mass is 31.0. The monoisotopic (exact) mass is 410 g/mol. The average molecular weight is 410 g/mol. The fraction of sp³-hybridized carbons (Fsp3) is 0.286. The molecule has 0 aliphatic carbocycles. The minimum absolute atomic E-state index is 0.279. The number of pyridine rings is 1. The van der Waals surface area contributed by atoms with Crippen LogP contribution < -0.4 is 20.7 Å². The third kappa shape index (κ3) is 4.57. The third-order valence-corrected chi connectivity index (χ3v) is 5.09. The van der Waals surface area contributed by atoms with E-state index in [1.54, 1.807) is 20.4 Å². The Bertz CT molecular complexity index is 1060. The molecule has 0 fully saturated rings. The number of aromatic nitrogens is 3. The molecule has 3 rings (SSSR count). The van der Waals surface area contributed by atoms with Crippen molar-refractivity contribution in [3.05, 3.63) is 54.0 Å². The molecule has 1 unspecified atom stereocenters. The number of fused-ring (bicyclic) bond motifs is 1. The first kappa shape index (κ1) is 20.8. The molecule has 1 aromatic carbocycles. The average Bonchev–Trinajstić information content (AvgIpc) is 3.17. The summed E-state index contributed by atoms with van der Waals surface area (Å²) in [6.07, 6.45) is 3.55. The third-order valence-electron chi connectivity index (χ3n) is 4.55. The lowest BCUT2D eigenvalue weighted by molar-refractivity contribution is 0.411. The van der Waals surface area contributed by atoms with Gasteiger partial charge in [-0.15, -0.1) is 19.4 Å². The summed E-state index contributed by atoms with van der Waals surface area (Å²) in [6, 6.07) is 10.2. The van der Waals surface area contributed by atoms with E-state index in [0.29, 0.717) is 17.9 Å². The molecule has 0 amide bonds. The number of rotatable bonds is 8. The van der Waals surface area contributed by atoms with Gasteiger partial charge in [-0.2, -0.15) is 0 Å². The smallest absolute Gasteiger partial charge is 0.170 e. The second-order valence-corrected chi connectivity index (χ2v) is 7.66. The quantitative estimate of drug-likeness (QED) is 0.392. The number of anilines is 1. The van der Waals surface area contributed by atoms with Crippen molar-refractivity contribution in [1.29, 1.82) is 5.41 Å². The molecule has 0 radical (unpaired) electrons. The number of nitrogens with one attached hydrogen (secondary N) is 3. The molecule has 7 nitrogen and oxygen atoms in total. The van der Waals surface area contributed by atoms with Crippen LogP contribution in [0.4, 0.5) is 5.82 Å². The zero-order valence-corrected chi connectivity index (χ0v) is 18.3. The molecule has 0 aliphatic rings. The Balaban J connectivity index is 1.95. The van der Waals surface area contributed by atoms with E-state index in [-0.39, 0.29) is 6.04 Å². The van der Waals surface area contributed by atoms with Crippen LogP contribution in [-0.2, 0) is 6.54 Å². The second-order valence-electron chi connectivity index (χ2n) is 7.04. The van der Waals surface area contributed by atoms with Crippen LogP contribution in [0.2, 0.25) is 0 Å². The molecular weight excluding hydrogens is 383 g/mol. The van der Waals surface area contributed by atoms with Crippen molar-refractivity contribution in [2.24, 2.45) is 0 Å². The Morgan fingerprint density at radius 1 is 1.31 bits per heavy atom. The highest BCUT2D eigenvalue weighted by Crippen LogP contribution is 2.24. The molecule has 29 heavy (non-hydrogen) atoms. The van der Waals surface area contributed by atoms with Crippen molar-refractivity contribution in [3.8, 4) is 5.75 Å². The lowest BCUT2D eigenvalue weighted by Gasteiger charge is -2.15. The summed E-state index contributed by atoms with van der Waals surface area (Å²) in [5, 5.41) is 24.4. The van der Waals surface area contributed by atoms with Crippen molar-refractivity contribution in [1.82, 2.24) is 19.9 Å². The molecule has 2 heterocycles. The van der Waals surface area contributed by atoms with Gasteiger partial charge in [0.15, 0.2) is 5.65 Å². The molecule has 1 atom stereocenters. The van der Waals surface area contributed by atoms with Crippen LogP contribution in [0.5, 0.6) is 5.75 Å². The maximum Gasteiger partial charge on any atom is 0.170 e. The van der Waals surface area contributed by atoms with E-state index in [9.17, 15) is 0 Å². The van der Waals surface area contributed by atoms with E-state index in [0.717, 1.165) is 33.6 Å². The topological polar surface area (TPSA) is 87.3 Å². The van der Waals surface area contributed by atoms with Gasteiger partial charge in [-0.05, 0) is 44.3 Å². The van der Waals surface area contributed by atoms with Crippen molar-refractivity contribution in [2.45, 2.75) is 33.4 Å². The molecule has 3 aromatic rings. The minimum Gasteiger partial charge on any atom is -0.496 e. The van der Waals surface area contributed by atoms with Gasteiger partial charge < -0.3 is 20.8 Å². The van der Waals surface area contributed by atoms with Crippen LogP contribution in [-0.4, -0.2) is 33.5 Å². The molecule has 0 saturated heterocycles. The molecule has 0 spiro atoms. The summed E-state index contributed by atoms with van der Waals surface area (Å²) >= 11 is 0. The lowest BCUT2D eigenvalue weighted by Crippen LogP contribution is -2.17. The van der Waals surface area contributed by atoms with E-state index >= 15 is 0 Å². The zero-order chi connectivity index (χ0) is 21.0. The molecule has 2 aromatic heterocycles. The van der Waals surface area contributed by atoms with E-state index in [2.05, 4.69) is 43.9 Å². The van der Waals surface area contributed by atoms with Gasteiger partial charge >= 0.3 is 0 Å². The predicted molar refractivity (Wildman–Crippen MR) is 122 cm³/mol. The number of benzene rings is 1. The number of allylic oxidation sites excluding steroid dienone is 1. The van der Waals surface area contributed by atoms with Gasteiger partial charge in [0, 0.05) is 41.2 Å². The molecule has 3 N–H and O–H groups in total. The summed E-state index contributed by atoms with van der Waals surface area (Å²) in [7, 11) is 4.42. The largest absolute Gasteiger partial charge is 0.496 e. The molecule has 152 valence electrons. The Hall–Kier alpha value is -2.92. The van der Waals surface area contributed by atoms with Crippen LogP contribution >= 0.6 is 9.24 Å². The highest BCUT2D eigenvalue weighted by molar-refractivity contribution is 7.27. The summed E-state index contributed by atoms with van der Waals surface area (Å²) in [4.78, 5) is 0. The Kier molecular flexibility index (Phi) is 6.49. The standard InChI is InChI=1S/C21H27N6OP/c1-13(2)23-10-16(14(3)22)15-8-9-20(27-12-25-26-21(15)27)24-11-17-18(28-4)6-5-7-19(17)29/h5-10,12-13,22-24H,11,29H2,1-4H3/b16-10+,22-14?. The van der Waals surface area contributed by atoms with Gasteiger partial charge in [0.1, 0.15) is 17.9 Å². The van der Waals surface area contributed by atoms with Crippen molar-refractivity contribution < 1.29 is 4.74 Å². The predicted octanol–water partition coefficient (Wildman–Crippen LogP) is 3.23. The van der Waals surface area contributed by atoms with E-state index in [4.69, 9.17) is 10.1 Å². The van der Waals surface area contributed by atoms with Gasteiger partial charge in [-0.1, -0.05) is 12.1 Å². The van der Waals surface area contributed by atoms with Gasteiger partial charge in [0.25, 0.3) is 0 Å². The van der Waals surface area contributed by atoms with Gasteiger partial charge in [-0.3, -0.25) is 4.40 Å². The number of nitrogens with zero attached hydrogens (tertiary/aromatic N) is 3. The molecule has 0 saturated carbocycles. The zero-order valence-electron chi connectivity index (χ0n) is 17.2. The summed E-state index contributed by atoms with van der Waals surface area (Å²) in [5.41, 5.74) is 3.88. The SMILES string of the molecule is COc1cccc(P)c1CNc1ccc(/C(=C/NC(C)C)C(C)=N)c2nncn12. The number of ether oxygens (including phenoxy) is 1. The lowest BCUT2D eigenvalue weighted by atomic mass is 10.0. The fourth-order valence-corrected chi connectivity index (χ4v) is 3.40. The van der Waals surface area contributed by atoms with Crippen LogP contribution in [0.3, 0.4) is 0 Å². The summed E-state index contributed by atoms with van der Waals surface area (Å²) in [5.74, 6) is 1.70. The molecule has 8 heteroatoms. The van der Waals surface area contributed by atoms with Crippen molar-refractivity contribution in [2.75, 3.05) is 12.4 Å². The van der Waals surface area contributed by atoms with Gasteiger partial charge in [-0.25, -0.2) is 0 Å². The van der Waals surface area contributed by atoms with E-state index < -0.39 is 0 Å². The van der Waals surface area contributed by atoms with Crippen molar-refractivity contribution in [3.63, 3.8) is 0 Å². The fourth-order valence-electron chi connectivity index (χ4n) is 3.05. The second kappa shape index (κ2) is 9.05. The van der Waals surface area contributed by atoms with Gasteiger partial charge in [0.05, 0.1) is 7.11 Å².